The Hall–Kier alpha value is -2.53. The first-order valence-electron chi connectivity index (χ1n) is 9.66. The van der Waals surface area contributed by atoms with Crippen LogP contribution in [0.2, 0.25) is 0 Å². The lowest BCUT2D eigenvalue weighted by Gasteiger charge is -2.28. The second kappa shape index (κ2) is 6.57. The van der Waals surface area contributed by atoms with Crippen molar-refractivity contribution in [2.75, 3.05) is 5.32 Å². The highest BCUT2D eigenvalue weighted by atomic mass is 32.1. The second-order valence-electron chi connectivity index (χ2n) is 7.40. The SMILES string of the molecule is C[C@@H]1c2cccn2-c2sc3c(c2CN1C(=O)Nc1ccccc1)CCCC3. The van der Waals surface area contributed by atoms with E-state index in [1.807, 2.05) is 46.6 Å². The highest BCUT2D eigenvalue weighted by molar-refractivity contribution is 7.15. The maximum atomic E-state index is 13.2. The summed E-state index contributed by atoms with van der Waals surface area (Å²) < 4.78 is 2.30. The molecule has 4 nitrogen and oxygen atoms in total. The fourth-order valence-electron chi connectivity index (χ4n) is 4.33. The van der Waals surface area contributed by atoms with Crippen molar-refractivity contribution in [2.24, 2.45) is 0 Å². The number of anilines is 1. The smallest absolute Gasteiger partial charge is 0.312 e. The number of para-hydroxylation sites is 1. The number of rotatable bonds is 1. The summed E-state index contributed by atoms with van der Waals surface area (Å²) in [5.41, 5.74) is 4.85. The van der Waals surface area contributed by atoms with Crippen LogP contribution in [-0.4, -0.2) is 15.5 Å². The number of aryl methyl sites for hydroxylation is 1. The summed E-state index contributed by atoms with van der Waals surface area (Å²) in [5.74, 6) is 0. The van der Waals surface area contributed by atoms with E-state index in [1.165, 1.54) is 46.0 Å². The lowest BCUT2D eigenvalue weighted by atomic mass is 9.95. The monoisotopic (exact) mass is 377 g/mol. The van der Waals surface area contributed by atoms with Gasteiger partial charge in [-0.2, -0.15) is 0 Å². The number of amides is 2. The standard InChI is InChI=1S/C22H23N3OS/c1-15-19-11-7-13-24(19)21-18(17-10-5-6-12-20(17)27-21)14-25(15)22(26)23-16-8-3-2-4-9-16/h2-4,7-9,11,13,15H,5-6,10,12,14H2,1H3,(H,23,26)/t15-/m1/s1. The van der Waals surface area contributed by atoms with E-state index in [1.54, 1.807) is 0 Å². The molecule has 1 N–H and O–H groups in total. The summed E-state index contributed by atoms with van der Waals surface area (Å²) in [6, 6.07) is 13.9. The van der Waals surface area contributed by atoms with Crippen molar-refractivity contribution in [3.8, 4) is 5.00 Å². The Labute approximate surface area is 163 Å². The molecule has 2 aromatic heterocycles. The Morgan fingerprint density at radius 2 is 1.89 bits per heavy atom. The molecule has 1 aromatic carbocycles. The molecule has 1 aliphatic carbocycles. The van der Waals surface area contributed by atoms with E-state index in [-0.39, 0.29) is 12.1 Å². The first kappa shape index (κ1) is 16.6. The number of hydrogen-bond donors (Lipinski definition) is 1. The molecule has 0 radical (unpaired) electrons. The number of aromatic nitrogens is 1. The minimum atomic E-state index is -0.0370. The molecule has 3 heterocycles. The molecule has 5 rings (SSSR count). The van der Waals surface area contributed by atoms with E-state index in [0.29, 0.717) is 6.54 Å². The van der Waals surface area contributed by atoms with Crippen molar-refractivity contribution in [1.29, 1.82) is 0 Å². The fraction of sp³-hybridized carbons (Fsp3) is 0.318. The molecule has 2 amide bonds. The predicted molar refractivity (Wildman–Crippen MR) is 110 cm³/mol. The molecule has 3 aromatic rings. The Morgan fingerprint density at radius 1 is 1.07 bits per heavy atom. The van der Waals surface area contributed by atoms with Crippen LogP contribution in [0.5, 0.6) is 0 Å². The molecular weight excluding hydrogens is 354 g/mol. The number of nitrogens with one attached hydrogen (secondary N) is 1. The van der Waals surface area contributed by atoms with Gasteiger partial charge in [0.25, 0.3) is 0 Å². The number of urea groups is 1. The average molecular weight is 378 g/mol. The van der Waals surface area contributed by atoms with Gasteiger partial charge in [-0.25, -0.2) is 4.79 Å². The average Bonchev–Trinajstić information content (AvgIpc) is 3.28. The van der Waals surface area contributed by atoms with Gasteiger partial charge in [0.15, 0.2) is 0 Å². The zero-order valence-corrected chi connectivity index (χ0v) is 16.3. The van der Waals surface area contributed by atoms with Crippen LogP contribution in [-0.2, 0) is 19.4 Å². The Morgan fingerprint density at radius 3 is 2.74 bits per heavy atom. The highest BCUT2D eigenvalue weighted by Crippen LogP contribution is 2.42. The van der Waals surface area contributed by atoms with Crippen LogP contribution in [0, 0.1) is 0 Å². The van der Waals surface area contributed by atoms with Gasteiger partial charge < -0.3 is 14.8 Å². The topological polar surface area (TPSA) is 37.3 Å². The molecule has 0 saturated heterocycles. The summed E-state index contributed by atoms with van der Waals surface area (Å²) >= 11 is 1.92. The van der Waals surface area contributed by atoms with Crippen LogP contribution < -0.4 is 5.32 Å². The van der Waals surface area contributed by atoms with E-state index in [2.05, 4.69) is 35.1 Å². The van der Waals surface area contributed by atoms with Crippen molar-refractivity contribution in [3.05, 3.63) is 70.4 Å². The number of carbonyl (C=O) groups is 1. The first-order valence-corrected chi connectivity index (χ1v) is 10.5. The van der Waals surface area contributed by atoms with Crippen molar-refractivity contribution in [3.63, 3.8) is 0 Å². The van der Waals surface area contributed by atoms with Crippen LogP contribution in [0.25, 0.3) is 5.00 Å². The summed E-state index contributed by atoms with van der Waals surface area (Å²) in [6.45, 7) is 2.79. The molecule has 138 valence electrons. The zero-order valence-electron chi connectivity index (χ0n) is 15.4. The van der Waals surface area contributed by atoms with Crippen LogP contribution in [0.4, 0.5) is 10.5 Å². The highest BCUT2D eigenvalue weighted by Gasteiger charge is 2.32. The van der Waals surface area contributed by atoms with Gasteiger partial charge >= 0.3 is 6.03 Å². The summed E-state index contributed by atoms with van der Waals surface area (Å²) in [4.78, 5) is 16.7. The van der Waals surface area contributed by atoms with Crippen molar-refractivity contribution < 1.29 is 4.79 Å². The quantitative estimate of drug-likeness (QED) is 0.595. The molecule has 1 atom stereocenters. The summed E-state index contributed by atoms with van der Waals surface area (Å²) in [6.07, 6.45) is 6.99. The van der Waals surface area contributed by atoms with Crippen LogP contribution in [0.3, 0.4) is 0 Å². The Bertz CT molecular complexity index is 988. The number of carbonyl (C=O) groups excluding carboxylic acids is 1. The largest absolute Gasteiger partial charge is 0.322 e. The van der Waals surface area contributed by atoms with Gasteiger partial charge in [-0.1, -0.05) is 18.2 Å². The van der Waals surface area contributed by atoms with Crippen LogP contribution in [0.1, 0.15) is 47.5 Å². The summed E-state index contributed by atoms with van der Waals surface area (Å²) in [5, 5.41) is 4.39. The molecular formula is C22H23N3OS. The van der Waals surface area contributed by atoms with Gasteiger partial charge in [0.1, 0.15) is 5.00 Å². The maximum Gasteiger partial charge on any atom is 0.322 e. The molecule has 1 aliphatic heterocycles. The fourth-order valence-corrected chi connectivity index (χ4v) is 5.73. The summed E-state index contributed by atoms with van der Waals surface area (Å²) in [7, 11) is 0. The van der Waals surface area contributed by atoms with Gasteiger partial charge in [0, 0.05) is 28.0 Å². The van der Waals surface area contributed by atoms with Gasteiger partial charge in [0.2, 0.25) is 0 Å². The number of thiophene rings is 1. The minimum Gasteiger partial charge on any atom is -0.312 e. The van der Waals surface area contributed by atoms with Crippen LogP contribution >= 0.6 is 11.3 Å². The van der Waals surface area contributed by atoms with Crippen molar-refractivity contribution in [2.45, 2.75) is 45.2 Å². The third-order valence-electron chi connectivity index (χ3n) is 5.77. The van der Waals surface area contributed by atoms with E-state index in [9.17, 15) is 4.79 Å². The minimum absolute atomic E-state index is 0.0163. The van der Waals surface area contributed by atoms with Crippen LogP contribution in [0.15, 0.2) is 48.7 Å². The normalized spacial score (nSPS) is 18.3. The Balaban J connectivity index is 1.56. The van der Waals surface area contributed by atoms with E-state index in [4.69, 9.17) is 0 Å². The molecule has 2 aliphatic rings. The van der Waals surface area contributed by atoms with Gasteiger partial charge in [-0.3, -0.25) is 0 Å². The molecule has 0 bridgehead atoms. The molecule has 5 heteroatoms. The van der Waals surface area contributed by atoms with Crippen molar-refractivity contribution in [1.82, 2.24) is 9.47 Å². The number of hydrogen-bond acceptors (Lipinski definition) is 2. The lowest BCUT2D eigenvalue weighted by molar-refractivity contribution is 0.189. The maximum absolute atomic E-state index is 13.2. The number of benzene rings is 1. The molecule has 0 unspecified atom stereocenters. The molecule has 27 heavy (non-hydrogen) atoms. The number of fused-ring (bicyclic) bond motifs is 5. The lowest BCUT2D eigenvalue weighted by Crippen LogP contribution is -2.36. The molecule has 0 fully saturated rings. The third kappa shape index (κ3) is 2.77. The zero-order chi connectivity index (χ0) is 18.4. The van der Waals surface area contributed by atoms with Gasteiger partial charge in [-0.15, -0.1) is 11.3 Å². The van der Waals surface area contributed by atoms with Crippen molar-refractivity contribution >= 4 is 23.1 Å². The second-order valence-corrected chi connectivity index (χ2v) is 8.48. The molecule has 0 saturated carbocycles. The third-order valence-corrected chi connectivity index (χ3v) is 7.10. The molecule has 0 spiro atoms. The number of nitrogens with zero attached hydrogens (tertiary/aromatic N) is 2. The van der Waals surface area contributed by atoms with E-state index in [0.717, 1.165) is 12.1 Å². The first-order chi connectivity index (χ1) is 13.2. The van der Waals surface area contributed by atoms with Gasteiger partial charge in [0.05, 0.1) is 12.6 Å². The van der Waals surface area contributed by atoms with Gasteiger partial charge in [-0.05, 0) is 62.4 Å². The van der Waals surface area contributed by atoms with E-state index < -0.39 is 0 Å². The van der Waals surface area contributed by atoms with E-state index >= 15 is 0 Å². The Kier molecular flexibility index (Phi) is 4.05. The predicted octanol–water partition coefficient (Wildman–Crippen LogP) is 5.53.